The fourth-order valence-electron chi connectivity index (χ4n) is 3.06. The zero-order valence-electron chi connectivity index (χ0n) is 12.5. The van der Waals surface area contributed by atoms with Gasteiger partial charge in [-0.25, -0.2) is 0 Å². The Kier molecular flexibility index (Phi) is 3.69. The van der Waals surface area contributed by atoms with Gasteiger partial charge in [0.25, 0.3) is 5.91 Å². The monoisotopic (exact) mass is 291 g/mol. The third kappa shape index (κ3) is 2.66. The minimum absolute atomic E-state index is 0.0974. The van der Waals surface area contributed by atoms with Gasteiger partial charge < -0.3 is 14.3 Å². The molecule has 114 valence electrons. The third-order valence-corrected chi connectivity index (χ3v) is 4.32. The molecule has 0 aromatic carbocycles. The molecule has 0 bridgehead atoms. The molecule has 1 unspecified atom stereocenters. The lowest BCUT2D eigenvalue weighted by Gasteiger charge is -2.23. The minimum Gasteiger partial charge on any atom is -0.360 e. The Balaban J connectivity index is 1.65. The first-order chi connectivity index (χ1) is 10.1. The number of nitrogens with zero attached hydrogens (tertiary/aromatic N) is 3. The Hall–Kier alpha value is -1.85. The van der Waals surface area contributed by atoms with Crippen molar-refractivity contribution in [3.05, 3.63) is 17.5 Å². The second-order valence-corrected chi connectivity index (χ2v) is 6.15. The van der Waals surface area contributed by atoms with Crippen molar-refractivity contribution in [3.8, 4) is 0 Å². The van der Waals surface area contributed by atoms with Crippen LogP contribution in [0.15, 0.2) is 10.6 Å². The van der Waals surface area contributed by atoms with Crippen LogP contribution in [0.3, 0.4) is 0 Å². The van der Waals surface area contributed by atoms with Crippen LogP contribution in [0.4, 0.5) is 0 Å². The van der Waals surface area contributed by atoms with Crippen molar-refractivity contribution in [2.75, 3.05) is 19.6 Å². The number of hydrogen-bond donors (Lipinski definition) is 0. The molecule has 0 spiro atoms. The zero-order valence-corrected chi connectivity index (χ0v) is 12.5. The van der Waals surface area contributed by atoms with Crippen LogP contribution in [0.25, 0.3) is 0 Å². The van der Waals surface area contributed by atoms with Crippen LogP contribution in [0.1, 0.15) is 55.3 Å². The van der Waals surface area contributed by atoms with Crippen molar-refractivity contribution in [1.29, 1.82) is 0 Å². The van der Waals surface area contributed by atoms with E-state index in [1.54, 1.807) is 11.0 Å². The van der Waals surface area contributed by atoms with Crippen LogP contribution in [-0.2, 0) is 4.79 Å². The van der Waals surface area contributed by atoms with Gasteiger partial charge in [0.15, 0.2) is 5.69 Å². The Labute approximate surface area is 124 Å². The molecule has 2 saturated heterocycles. The summed E-state index contributed by atoms with van der Waals surface area (Å²) in [4.78, 5) is 27.9. The van der Waals surface area contributed by atoms with E-state index >= 15 is 0 Å². The first-order valence-corrected chi connectivity index (χ1v) is 7.61. The molecule has 1 aromatic heterocycles. The average molecular weight is 291 g/mol. The summed E-state index contributed by atoms with van der Waals surface area (Å²) in [5, 5.41) is 3.87. The van der Waals surface area contributed by atoms with Crippen LogP contribution in [0.5, 0.6) is 0 Å². The van der Waals surface area contributed by atoms with Crippen molar-refractivity contribution in [3.63, 3.8) is 0 Å². The van der Waals surface area contributed by atoms with Crippen molar-refractivity contribution >= 4 is 11.8 Å². The van der Waals surface area contributed by atoms with Gasteiger partial charge in [0.1, 0.15) is 5.76 Å². The van der Waals surface area contributed by atoms with Crippen molar-refractivity contribution in [1.82, 2.24) is 15.0 Å². The molecule has 6 heteroatoms. The fourth-order valence-corrected chi connectivity index (χ4v) is 3.06. The molecule has 0 saturated carbocycles. The van der Waals surface area contributed by atoms with Crippen LogP contribution >= 0.6 is 0 Å². The van der Waals surface area contributed by atoms with Crippen LogP contribution in [0.2, 0.25) is 0 Å². The normalized spacial score (nSPS) is 22.6. The molecule has 3 heterocycles. The Morgan fingerprint density at radius 3 is 2.86 bits per heavy atom. The molecule has 2 aliphatic rings. The van der Waals surface area contributed by atoms with E-state index in [-0.39, 0.29) is 23.8 Å². The standard InChI is InChI=1S/C15H21N3O3/c1-10(2)13-8-12(16-21-13)15(20)17-7-5-11(9-17)18-6-3-4-14(18)19/h8,10-11H,3-7,9H2,1-2H3. The van der Waals surface area contributed by atoms with E-state index in [0.29, 0.717) is 25.2 Å². The number of rotatable bonds is 3. The highest BCUT2D eigenvalue weighted by atomic mass is 16.5. The third-order valence-electron chi connectivity index (χ3n) is 4.32. The van der Waals surface area contributed by atoms with E-state index in [2.05, 4.69) is 5.16 Å². The molecular formula is C15H21N3O3. The highest BCUT2D eigenvalue weighted by molar-refractivity contribution is 5.92. The first-order valence-electron chi connectivity index (χ1n) is 7.61. The van der Waals surface area contributed by atoms with Gasteiger partial charge in [-0.1, -0.05) is 19.0 Å². The molecule has 3 rings (SSSR count). The number of hydrogen-bond acceptors (Lipinski definition) is 4. The van der Waals surface area contributed by atoms with Gasteiger partial charge in [-0.2, -0.15) is 0 Å². The second-order valence-electron chi connectivity index (χ2n) is 6.15. The maximum absolute atomic E-state index is 12.4. The van der Waals surface area contributed by atoms with E-state index in [0.717, 1.165) is 25.1 Å². The number of amides is 2. The molecule has 1 aromatic rings. The van der Waals surface area contributed by atoms with Crippen molar-refractivity contribution in [2.45, 2.75) is 45.1 Å². The lowest BCUT2D eigenvalue weighted by atomic mass is 10.1. The lowest BCUT2D eigenvalue weighted by molar-refractivity contribution is -0.129. The summed E-state index contributed by atoms with van der Waals surface area (Å²) in [5.74, 6) is 1.06. The van der Waals surface area contributed by atoms with Crippen molar-refractivity contribution in [2.24, 2.45) is 0 Å². The number of aromatic nitrogens is 1. The maximum atomic E-state index is 12.4. The van der Waals surface area contributed by atoms with Gasteiger partial charge in [-0.05, 0) is 12.8 Å². The Bertz CT molecular complexity index is 552. The topological polar surface area (TPSA) is 66.7 Å². The van der Waals surface area contributed by atoms with E-state index in [1.165, 1.54) is 0 Å². The van der Waals surface area contributed by atoms with E-state index in [4.69, 9.17) is 4.52 Å². The summed E-state index contributed by atoms with van der Waals surface area (Å²) in [7, 11) is 0. The molecule has 0 N–H and O–H groups in total. The van der Waals surface area contributed by atoms with Gasteiger partial charge in [0.2, 0.25) is 5.91 Å². The van der Waals surface area contributed by atoms with Gasteiger partial charge >= 0.3 is 0 Å². The summed E-state index contributed by atoms with van der Waals surface area (Å²) < 4.78 is 5.19. The van der Waals surface area contributed by atoms with E-state index in [1.807, 2.05) is 18.7 Å². The predicted octanol–water partition coefficient (Wildman–Crippen LogP) is 1.63. The molecule has 0 aliphatic carbocycles. The SMILES string of the molecule is CC(C)c1cc(C(=O)N2CCC(N3CCCC3=O)C2)no1. The van der Waals surface area contributed by atoms with Gasteiger partial charge in [-0.3, -0.25) is 9.59 Å². The first kappa shape index (κ1) is 14.1. The summed E-state index contributed by atoms with van der Waals surface area (Å²) in [6.45, 7) is 6.11. The highest BCUT2D eigenvalue weighted by Gasteiger charge is 2.35. The summed E-state index contributed by atoms with van der Waals surface area (Å²) in [6, 6.07) is 1.89. The molecule has 2 fully saturated rings. The number of likely N-dealkylation sites (tertiary alicyclic amines) is 2. The van der Waals surface area contributed by atoms with E-state index in [9.17, 15) is 9.59 Å². The molecule has 1 atom stereocenters. The predicted molar refractivity (Wildman–Crippen MR) is 75.8 cm³/mol. The van der Waals surface area contributed by atoms with E-state index < -0.39 is 0 Å². The second kappa shape index (κ2) is 5.50. The summed E-state index contributed by atoms with van der Waals surface area (Å²) in [5.41, 5.74) is 0.368. The summed E-state index contributed by atoms with van der Waals surface area (Å²) in [6.07, 6.45) is 2.43. The van der Waals surface area contributed by atoms with Crippen LogP contribution in [0, 0.1) is 0 Å². The van der Waals surface area contributed by atoms with Gasteiger partial charge in [0, 0.05) is 38.0 Å². The smallest absolute Gasteiger partial charge is 0.276 e. The Morgan fingerprint density at radius 1 is 1.43 bits per heavy atom. The minimum atomic E-state index is -0.0974. The van der Waals surface area contributed by atoms with Crippen molar-refractivity contribution < 1.29 is 14.1 Å². The zero-order chi connectivity index (χ0) is 15.0. The fraction of sp³-hybridized carbons (Fsp3) is 0.667. The largest absolute Gasteiger partial charge is 0.360 e. The van der Waals surface area contributed by atoms with Gasteiger partial charge in [0.05, 0.1) is 6.04 Å². The molecular weight excluding hydrogens is 270 g/mol. The molecule has 21 heavy (non-hydrogen) atoms. The van der Waals surface area contributed by atoms with Crippen LogP contribution < -0.4 is 0 Å². The van der Waals surface area contributed by atoms with Crippen LogP contribution in [-0.4, -0.2) is 52.4 Å². The quantitative estimate of drug-likeness (QED) is 0.849. The molecule has 0 radical (unpaired) electrons. The maximum Gasteiger partial charge on any atom is 0.276 e. The average Bonchev–Trinajstić information content (AvgIpc) is 3.17. The molecule has 2 amide bonds. The van der Waals surface area contributed by atoms with Gasteiger partial charge in [-0.15, -0.1) is 0 Å². The highest BCUT2D eigenvalue weighted by Crippen LogP contribution is 2.23. The Morgan fingerprint density at radius 2 is 2.24 bits per heavy atom. The molecule has 6 nitrogen and oxygen atoms in total. The molecule has 2 aliphatic heterocycles. The summed E-state index contributed by atoms with van der Waals surface area (Å²) >= 11 is 0. The number of carbonyl (C=O) groups excluding carboxylic acids is 2. The number of carbonyl (C=O) groups is 2. The lowest BCUT2D eigenvalue weighted by Crippen LogP contribution is -2.39.